The minimum Gasteiger partial charge on any atom is -0.494 e. The van der Waals surface area contributed by atoms with E-state index >= 15 is 0 Å². The Balaban J connectivity index is 1.80. The molecule has 6 nitrogen and oxygen atoms in total. The predicted octanol–water partition coefficient (Wildman–Crippen LogP) is 1.41. The van der Waals surface area contributed by atoms with Crippen LogP contribution >= 0.6 is 0 Å². The van der Waals surface area contributed by atoms with Crippen LogP contribution in [0.1, 0.15) is 16.8 Å². The first-order valence-electron chi connectivity index (χ1n) is 6.15. The third-order valence-corrected chi connectivity index (χ3v) is 2.67. The summed E-state index contributed by atoms with van der Waals surface area (Å²) in [5.74, 6) is -0.366. The van der Waals surface area contributed by atoms with E-state index in [1.54, 1.807) is 24.4 Å². The third-order valence-electron chi connectivity index (χ3n) is 2.67. The zero-order chi connectivity index (χ0) is 14.4. The van der Waals surface area contributed by atoms with Crippen molar-refractivity contribution < 1.29 is 14.6 Å². The lowest BCUT2D eigenvalue weighted by Crippen LogP contribution is -2.22. The van der Waals surface area contributed by atoms with Crippen molar-refractivity contribution in [1.29, 1.82) is 0 Å². The van der Waals surface area contributed by atoms with Crippen LogP contribution < -0.4 is 10.3 Å². The first-order chi connectivity index (χ1) is 9.66. The van der Waals surface area contributed by atoms with Gasteiger partial charge in [-0.05, 0) is 30.3 Å². The van der Waals surface area contributed by atoms with Crippen molar-refractivity contribution in [2.24, 2.45) is 0 Å². The Hall–Kier alpha value is -2.63. The number of hydrogen-bond donors (Lipinski definition) is 1. The molecule has 0 unspecified atom stereocenters. The van der Waals surface area contributed by atoms with E-state index in [0.717, 1.165) is 0 Å². The summed E-state index contributed by atoms with van der Waals surface area (Å²) in [6.07, 6.45) is 2.20. The number of hydrogen-bond acceptors (Lipinski definition) is 4. The molecule has 0 radical (unpaired) electrons. The van der Waals surface area contributed by atoms with Gasteiger partial charge in [0, 0.05) is 25.2 Å². The van der Waals surface area contributed by atoms with Crippen LogP contribution in [0.25, 0.3) is 0 Å². The summed E-state index contributed by atoms with van der Waals surface area (Å²) in [5.41, 5.74) is 0.0794. The molecule has 0 fully saturated rings. The number of carboxylic acid groups (broad SMARTS) is 1. The molecule has 0 aliphatic carbocycles. The van der Waals surface area contributed by atoms with Crippen molar-refractivity contribution in [3.05, 3.63) is 58.5 Å². The lowest BCUT2D eigenvalue weighted by atomic mass is 10.2. The normalized spacial score (nSPS) is 10.2. The maximum Gasteiger partial charge on any atom is 0.335 e. The maximum absolute atomic E-state index is 11.4. The van der Waals surface area contributed by atoms with Crippen molar-refractivity contribution in [2.45, 2.75) is 13.0 Å². The molecule has 1 aromatic carbocycles. The van der Waals surface area contributed by atoms with Crippen LogP contribution in [0.5, 0.6) is 5.75 Å². The molecule has 0 bridgehead atoms. The number of aromatic carboxylic acids is 1. The van der Waals surface area contributed by atoms with E-state index in [1.165, 1.54) is 22.9 Å². The minimum absolute atomic E-state index is 0.140. The van der Waals surface area contributed by atoms with Crippen molar-refractivity contribution in [2.75, 3.05) is 6.61 Å². The molecule has 0 amide bonds. The highest BCUT2D eigenvalue weighted by Gasteiger charge is 2.02. The molecular formula is C14H14N2O4. The van der Waals surface area contributed by atoms with Gasteiger partial charge in [-0.2, -0.15) is 5.10 Å². The summed E-state index contributed by atoms with van der Waals surface area (Å²) in [6.45, 7) is 0.905. The number of carboxylic acids is 1. The summed E-state index contributed by atoms with van der Waals surface area (Å²) in [4.78, 5) is 22.1. The highest BCUT2D eigenvalue weighted by molar-refractivity contribution is 5.87. The molecular weight excluding hydrogens is 260 g/mol. The molecule has 0 saturated heterocycles. The molecule has 0 spiro atoms. The zero-order valence-corrected chi connectivity index (χ0v) is 10.7. The van der Waals surface area contributed by atoms with E-state index in [1.807, 2.05) is 0 Å². The fraction of sp³-hybridized carbons (Fsp3) is 0.214. The van der Waals surface area contributed by atoms with Crippen LogP contribution in [0.3, 0.4) is 0 Å². The van der Waals surface area contributed by atoms with E-state index in [9.17, 15) is 9.59 Å². The first kappa shape index (κ1) is 13.8. The Bertz CT molecular complexity index is 634. The monoisotopic (exact) mass is 274 g/mol. The van der Waals surface area contributed by atoms with E-state index in [0.29, 0.717) is 25.3 Å². The smallest absolute Gasteiger partial charge is 0.335 e. The molecule has 104 valence electrons. The van der Waals surface area contributed by atoms with E-state index < -0.39 is 5.97 Å². The summed E-state index contributed by atoms with van der Waals surface area (Å²) in [6, 6.07) is 9.24. The minimum atomic E-state index is -0.967. The van der Waals surface area contributed by atoms with Gasteiger partial charge in [0.2, 0.25) is 0 Å². The molecule has 1 heterocycles. The number of nitrogens with zero attached hydrogens (tertiary/aromatic N) is 2. The van der Waals surface area contributed by atoms with Gasteiger partial charge in [0.25, 0.3) is 5.56 Å². The van der Waals surface area contributed by atoms with Crippen LogP contribution in [0.15, 0.2) is 47.4 Å². The van der Waals surface area contributed by atoms with Crippen LogP contribution in [0, 0.1) is 0 Å². The van der Waals surface area contributed by atoms with Gasteiger partial charge in [0.1, 0.15) is 5.75 Å². The summed E-state index contributed by atoms with van der Waals surface area (Å²) in [7, 11) is 0. The third kappa shape index (κ3) is 3.68. The number of carbonyl (C=O) groups is 1. The van der Waals surface area contributed by atoms with Crippen molar-refractivity contribution >= 4 is 5.97 Å². The van der Waals surface area contributed by atoms with Crippen molar-refractivity contribution in [3.63, 3.8) is 0 Å². The second kappa shape index (κ2) is 6.51. The fourth-order valence-electron chi connectivity index (χ4n) is 1.65. The maximum atomic E-state index is 11.4. The van der Waals surface area contributed by atoms with Crippen LogP contribution in [0.4, 0.5) is 0 Å². The van der Waals surface area contributed by atoms with Crippen molar-refractivity contribution in [1.82, 2.24) is 9.78 Å². The summed E-state index contributed by atoms with van der Waals surface area (Å²) in [5, 5.41) is 12.7. The Morgan fingerprint density at radius 3 is 2.65 bits per heavy atom. The first-order valence-corrected chi connectivity index (χ1v) is 6.15. The number of aromatic nitrogens is 2. The van der Waals surface area contributed by atoms with Crippen molar-refractivity contribution in [3.8, 4) is 5.75 Å². The number of ether oxygens (including phenoxy) is 1. The van der Waals surface area contributed by atoms with Gasteiger partial charge in [-0.25, -0.2) is 9.48 Å². The molecule has 0 atom stereocenters. The Morgan fingerprint density at radius 1 is 1.25 bits per heavy atom. The second-order valence-corrected chi connectivity index (χ2v) is 4.12. The van der Waals surface area contributed by atoms with E-state index in [2.05, 4.69) is 5.10 Å². The van der Waals surface area contributed by atoms with Gasteiger partial charge in [-0.3, -0.25) is 4.79 Å². The highest BCUT2D eigenvalue weighted by atomic mass is 16.5. The van der Waals surface area contributed by atoms with Gasteiger partial charge in [0.15, 0.2) is 0 Å². The molecule has 1 aromatic heterocycles. The van der Waals surface area contributed by atoms with Gasteiger partial charge < -0.3 is 9.84 Å². The molecule has 0 saturated carbocycles. The molecule has 2 rings (SSSR count). The van der Waals surface area contributed by atoms with Gasteiger partial charge in [-0.15, -0.1) is 0 Å². The Morgan fingerprint density at radius 2 is 2.00 bits per heavy atom. The molecule has 6 heteroatoms. The zero-order valence-electron chi connectivity index (χ0n) is 10.7. The number of aryl methyl sites for hydroxylation is 1. The van der Waals surface area contributed by atoms with Crippen LogP contribution in [-0.4, -0.2) is 27.5 Å². The average Bonchev–Trinajstić information content (AvgIpc) is 2.46. The molecule has 2 aromatic rings. The quantitative estimate of drug-likeness (QED) is 0.805. The topological polar surface area (TPSA) is 81.4 Å². The van der Waals surface area contributed by atoms with Gasteiger partial charge in [0.05, 0.1) is 12.2 Å². The molecule has 20 heavy (non-hydrogen) atoms. The van der Waals surface area contributed by atoms with E-state index in [-0.39, 0.29) is 11.1 Å². The highest BCUT2D eigenvalue weighted by Crippen LogP contribution is 2.12. The summed E-state index contributed by atoms with van der Waals surface area (Å²) >= 11 is 0. The van der Waals surface area contributed by atoms with E-state index in [4.69, 9.17) is 9.84 Å². The van der Waals surface area contributed by atoms with Crippen LogP contribution in [0.2, 0.25) is 0 Å². The Kier molecular flexibility index (Phi) is 4.49. The van der Waals surface area contributed by atoms with Gasteiger partial charge >= 0.3 is 5.97 Å². The standard InChI is InChI=1S/C14H14N2O4/c17-13-3-1-8-15-16(13)9-2-10-20-12-6-4-11(5-7-12)14(18)19/h1,3-8H,2,9-10H2,(H,18,19). The van der Waals surface area contributed by atoms with Gasteiger partial charge in [-0.1, -0.05) is 0 Å². The van der Waals surface area contributed by atoms with Crippen LogP contribution in [-0.2, 0) is 6.54 Å². The summed E-state index contributed by atoms with van der Waals surface area (Å²) < 4.78 is 6.84. The average molecular weight is 274 g/mol. The fourth-order valence-corrected chi connectivity index (χ4v) is 1.65. The Labute approximate surface area is 115 Å². The second-order valence-electron chi connectivity index (χ2n) is 4.12. The SMILES string of the molecule is O=C(O)c1ccc(OCCCn2ncccc2=O)cc1. The number of benzene rings is 1. The molecule has 0 aliphatic heterocycles. The number of rotatable bonds is 6. The lowest BCUT2D eigenvalue weighted by Gasteiger charge is -2.07. The lowest BCUT2D eigenvalue weighted by molar-refractivity contribution is 0.0697. The predicted molar refractivity (Wildman–Crippen MR) is 72.0 cm³/mol. The largest absolute Gasteiger partial charge is 0.494 e. The molecule has 0 aliphatic rings. The molecule has 1 N–H and O–H groups in total.